The van der Waals surface area contributed by atoms with Gasteiger partial charge in [-0.25, -0.2) is 4.98 Å². The largest absolute Gasteiger partial charge is 0.491 e. The van der Waals surface area contributed by atoms with E-state index in [1.165, 1.54) is 12.8 Å². The van der Waals surface area contributed by atoms with Crippen molar-refractivity contribution in [2.24, 2.45) is 7.05 Å². The van der Waals surface area contributed by atoms with Crippen LogP contribution in [0.2, 0.25) is 0 Å². The predicted octanol–water partition coefficient (Wildman–Crippen LogP) is 1.90. The highest BCUT2D eigenvalue weighted by molar-refractivity contribution is 5.51. The summed E-state index contributed by atoms with van der Waals surface area (Å²) in [4.78, 5) is 4.57. The number of aryl methyl sites for hydroxylation is 1. The first kappa shape index (κ1) is 12.0. The quantitative estimate of drug-likeness (QED) is 0.832. The van der Waals surface area contributed by atoms with Crippen molar-refractivity contribution in [1.82, 2.24) is 14.8 Å². The van der Waals surface area contributed by atoms with Gasteiger partial charge in [-0.05, 0) is 25.0 Å². The molecule has 0 amide bonds. The van der Waals surface area contributed by atoms with Crippen LogP contribution in [0.4, 0.5) is 5.69 Å². The van der Waals surface area contributed by atoms with Gasteiger partial charge in [0.25, 0.3) is 0 Å². The lowest BCUT2D eigenvalue weighted by molar-refractivity contribution is 0.320. The van der Waals surface area contributed by atoms with Gasteiger partial charge in [0, 0.05) is 19.4 Å². The highest BCUT2D eigenvalue weighted by atomic mass is 16.5. The van der Waals surface area contributed by atoms with E-state index in [2.05, 4.69) is 10.1 Å². The first-order valence-electron chi connectivity index (χ1n) is 6.61. The highest BCUT2D eigenvalue weighted by Gasteiger charge is 2.28. The molecule has 1 aromatic heterocycles. The van der Waals surface area contributed by atoms with Crippen LogP contribution in [-0.2, 0) is 13.5 Å². The molecule has 3 rings (SSSR count). The maximum Gasteiger partial charge on any atom is 0.154 e. The molecule has 0 radical (unpaired) electrons. The average Bonchev–Trinajstić information content (AvgIpc) is 3.16. The van der Waals surface area contributed by atoms with Crippen molar-refractivity contribution in [2.75, 3.05) is 12.3 Å². The zero-order chi connectivity index (χ0) is 13.2. The second-order valence-corrected chi connectivity index (χ2v) is 4.92. The third-order valence-electron chi connectivity index (χ3n) is 3.29. The third kappa shape index (κ3) is 2.70. The molecule has 5 nitrogen and oxygen atoms in total. The zero-order valence-electron chi connectivity index (χ0n) is 11.0. The Balaban J connectivity index is 1.57. The lowest BCUT2D eigenvalue weighted by Crippen LogP contribution is -2.04. The molecule has 1 saturated carbocycles. The maximum absolute atomic E-state index is 5.82. The second kappa shape index (κ2) is 4.91. The first-order chi connectivity index (χ1) is 9.24. The van der Waals surface area contributed by atoms with Gasteiger partial charge in [0.2, 0.25) is 0 Å². The number of anilines is 1. The van der Waals surface area contributed by atoms with Crippen molar-refractivity contribution in [1.29, 1.82) is 0 Å². The van der Waals surface area contributed by atoms with E-state index in [1.807, 2.05) is 36.0 Å². The van der Waals surface area contributed by atoms with Gasteiger partial charge < -0.3 is 10.5 Å². The van der Waals surface area contributed by atoms with Crippen molar-refractivity contribution in [2.45, 2.75) is 25.2 Å². The number of nitrogens with two attached hydrogens (primary N) is 1. The van der Waals surface area contributed by atoms with Crippen LogP contribution in [0, 0.1) is 0 Å². The molecular weight excluding hydrogens is 240 g/mol. The van der Waals surface area contributed by atoms with Crippen molar-refractivity contribution in [3.63, 3.8) is 0 Å². The summed E-state index contributed by atoms with van der Waals surface area (Å²) in [7, 11) is 1.96. The fraction of sp³-hybridized carbons (Fsp3) is 0.429. The Hall–Kier alpha value is -2.04. The summed E-state index contributed by atoms with van der Waals surface area (Å²) in [6.07, 6.45) is 3.18. The Morgan fingerprint density at radius 3 is 2.89 bits per heavy atom. The van der Waals surface area contributed by atoms with E-state index in [4.69, 9.17) is 10.5 Å². The summed E-state index contributed by atoms with van der Waals surface area (Å²) in [6.45, 7) is 0.544. The summed E-state index contributed by atoms with van der Waals surface area (Å²) in [6, 6.07) is 7.51. The molecule has 2 N–H and O–H groups in total. The van der Waals surface area contributed by atoms with Gasteiger partial charge in [-0.2, -0.15) is 5.10 Å². The molecule has 5 heteroatoms. The van der Waals surface area contributed by atoms with E-state index in [9.17, 15) is 0 Å². The minimum atomic E-state index is 0.544. The van der Waals surface area contributed by atoms with E-state index in [-0.39, 0.29) is 0 Å². The van der Waals surface area contributed by atoms with E-state index < -0.39 is 0 Å². The Bertz CT molecular complexity index is 575. The van der Waals surface area contributed by atoms with Crippen molar-refractivity contribution >= 4 is 5.69 Å². The van der Waals surface area contributed by atoms with Crippen molar-refractivity contribution in [3.05, 3.63) is 35.9 Å². The van der Waals surface area contributed by atoms with E-state index in [0.717, 1.165) is 17.4 Å². The molecule has 2 aromatic rings. The van der Waals surface area contributed by atoms with Crippen LogP contribution in [0.5, 0.6) is 5.75 Å². The second-order valence-electron chi connectivity index (χ2n) is 4.92. The van der Waals surface area contributed by atoms with E-state index in [0.29, 0.717) is 24.6 Å². The minimum Gasteiger partial charge on any atom is -0.491 e. The molecule has 19 heavy (non-hydrogen) atoms. The standard InChI is InChI=1S/C14H18N4O/c1-18-14(10-6-7-10)16-13(17-18)8-9-19-12-5-3-2-4-11(12)15/h2-5,10H,6-9,15H2,1H3. The molecule has 0 spiro atoms. The number of rotatable bonds is 5. The molecule has 0 bridgehead atoms. The summed E-state index contributed by atoms with van der Waals surface area (Å²) in [5.74, 6) is 3.30. The number of benzene rings is 1. The van der Waals surface area contributed by atoms with Crippen LogP contribution in [0.3, 0.4) is 0 Å². The lowest BCUT2D eigenvalue weighted by Gasteiger charge is -2.06. The van der Waals surface area contributed by atoms with Gasteiger partial charge in [0.15, 0.2) is 5.82 Å². The number of ether oxygens (including phenoxy) is 1. The smallest absolute Gasteiger partial charge is 0.154 e. The van der Waals surface area contributed by atoms with Gasteiger partial charge in [-0.1, -0.05) is 12.1 Å². The van der Waals surface area contributed by atoms with Gasteiger partial charge in [-0.15, -0.1) is 0 Å². The first-order valence-corrected chi connectivity index (χ1v) is 6.61. The van der Waals surface area contributed by atoms with Crippen molar-refractivity contribution in [3.8, 4) is 5.75 Å². The molecule has 1 aliphatic rings. The SMILES string of the molecule is Cn1nc(CCOc2ccccc2N)nc1C1CC1. The van der Waals surface area contributed by atoms with Gasteiger partial charge in [0.05, 0.1) is 12.3 Å². The van der Waals surface area contributed by atoms with E-state index >= 15 is 0 Å². The number of hydrogen-bond acceptors (Lipinski definition) is 4. The third-order valence-corrected chi connectivity index (χ3v) is 3.29. The molecule has 100 valence electrons. The molecule has 1 fully saturated rings. The summed E-state index contributed by atoms with van der Waals surface area (Å²) < 4.78 is 7.54. The number of nitrogen functional groups attached to an aromatic ring is 1. The van der Waals surface area contributed by atoms with Gasteiger partial charge in [0.1, 0.15) is 11.6 Å². The lowest BCUT2D eigenvalue weighted by atomic mass is 10.3. The monoisotopic (exact) mass is 258 g/mol. The molecule has 1 aliphatic carbocycles. The van der Waals surface area contributed by atoms with Crippen LogP contribution in [0.1, 0.15) is 30.4 Å². The molecule has 0 atom stereocenters. The number of nitrogens with zero attached hydrogens (tertiary/aromatic N) is 3. The summed E-state index contributed by atoms with van der Waals surface area (Å²) in [5, 5.41) is 4.42. The molecule has 1 heterocycles. The highest BCUT2D eigenvalue weighted by Crippen LogP contribution is 2.38. The maximum atomic E-state index is 5.82. The fourth-order valence-electron chi connectivity index (χ4n) is 2.12. The molecular formula is C14H18N4O. The summed E-state index contributed by atoms with van der Waals surface area (Å²) >= 11 is 0. The van der Waals surface area contributed by atoms with Crippen LogP contribution in [0.15, 0.2) is 24.3 Å². The average molecular weight is 258 g/mol. The fourth-order valence-corrected chi connectivity index (χ4v) is 2.12. The van der Waals surface area contributed by atoms with Crippen LogP contribution < -0.4 is 10.5 Å². The summed E-state index contributed by atoms with van der Waals surface area (Å²) in [5.41, 5.74) is 6.48. The molecule has 0 aliphatic heterocycles. The molecule has 0 unspecified atom stereocenters. The minimum absolute atomic E-state index is 0.544. The Morgan fingerprint density at radius 2 is 2.16 bits per heavy atom. The zero-order valence-corrected chi connectivity index (χ0v) is 11.0. The van der Waals surface area contributed by atoms with Gasteiger partial charge in [-0.3, -0.25) is 4.68 Å². The Kier molecular flexibility index (Phi) is 3.11. The number of hydrogen-bond donors (Lipinski definition) is 1. The Labute approximate surface area is 112 Å². The molecule has 1 aromatic carbocycles. The Morgan fingerprint density at radius 1 is 1.37 bits per heavy atom. The normalized spacial score (nSPS) is 14.6. The van der Waals surface area contributed by atoms with Gasteiger partial charge >= 0.3 is 0 Å². The number of aromatic nitrogens is 3. The van der Waals surface area contributed by atoms with Crippen LogP contribution >= 0.6 is 0 Å². The molecule has 0 saturated heterocycles. The van der Waals surface area contributed by atoms with Crippen LogP contribution in [0.25, 0.3) is 0 Å². The topological polar surface area (TPSA) is 66.0 Å². The van der Waals surface area contributed by atoms with Crippen LogP contribution in [-0.4, -0.2) is 21.4 Å². The number of para-hydroxylation sites is 2. The predicted molar refractivity (Wildman–Crippen MR) is 73.0 cm³/mol. The van der Waals surface area contributed by atoms with E-state index in [1.54, 1.807) is 0 Å². The van der Waals surface area contributed by atoms with Crippen molar-refractivity contribution < 1.29 is 4.74 Å².